The molecular weight excluding hydrogens is 210 g/mol. The summed E-state index contributed by atoms with van der Waals surface area (Å²) in [5.74, 6) is 0.927. The Morgan fingerprint density at radius 1 is 1.00 bits per heavy atom. The number of methoxy groups -OCH3 is 1. The van der Waals surface area contributed by atoms with E-state index >= 15 is 0 Å². The standard InChI is InChI=1S/C15H19NO/c1-15(2,16-3)13-9-10-14(17-4)12-8-6-5-7-11(12)13/h5-10,16H,1-4H3. The minimum absolute atomic E-state index is 0.0497. The minimum atomic E-state index is -0.0497. The summed E-state index contributed by atoms with van der Waals surface area (Å²) in [6.45, 7) is 4.36. The summed E-state index contributed by atoms with van der Waals surface area (Å²) in [6, 6.07) is 12.5. The Morgan fingerprint density at radius 3 is 2.24 bits per heavy atom. The smallest absolute Gasteiger partial charge is 0.126 e. The predicted octanol–water partition coefficient (Wildman–Crippen LogP) is 3.30. The maximum absolute atomic E-state index is 5.41. The molecule has 0 heterocycles. The quantitative estimate of drug-likeness (QED) is 0.872. The third-order valence-corrected chi connectivity index (χ3v) is 3.40. The fourth-order valence-corrected chi connectivity index (χ4v) is 2.13. The van der Waals surface area contributed by atoms with Crippen molar-refractivity contribution in [2.24, 2.45) is 0 Å². The van der Waals surface area contributed by atoms with Crippen LogP contribution in [0.3, 0.4) is 0 Å². The maximum atomic E-state index is 5.41. The summed E-state index contributed by atoms with van der Waals surface area (Å²) < 4.78 is 5.41. The fraction of sp³-hybridized carbons (Fsp3) is 0.333. The number of nitrogens with one attached hydrogen (secondary N) is 1. The molecule has 2 nitrogen and oxygen atoms in total. The highest BCUT2D eigenvalue weighted by Crippen LogP contribution is 2.33. The van der Waals surface area contributed by atoms with Crippen molar-refractivity contribution >= 4 is 10.8 Å². The number of hydrogen-bond acceptors (Lipinski definition) is 2. The van der Waals surface area contributed by atoms with Gasteiger partial charge >= 0.3 is 0 Å². The normalized spacial score (nSPS) is 11.8. The van der Waals surface area contributed by atoms with E-state index in [1.54, 1.807) is 7.11 Å². The van der Waals surface area contributed by atoms with E-state index in [2.05, 4.69) is 43.4 Å². The second kappa shape index (κ2) is 4.38. The first-order chi connectivity index (χ1) is 8.10. The molecule has 0 aliphatic rings. The zero-order valence-corrected chi connectivity index (χ0v) is 10.9. The monoisotopic (exact) mass is 229 g/mol. The van der Waals surface area contributed by atoms with E-state index in [4.69, 9.17) is 4.74 Å². The predicted molar refractivity (Wildman–Crippen MR) is 72.6 cm³/mol. The highest BCUT2D eigenvalue weighted by atomic mass is 16.5. The molecule has 2 aromatic rings. The van der Waals surface area contributed by atoms with Gasteiger partial charge in [-0.05, 0) is 37.9 Å². The van der Waals surface area contributed by atoms with E-state index in [1.807, 2.05) is 19.2 Å². The summed E-state index contributed by atoms with van der Waals surface area (Å²) >= 11 is 0. The van der Waals surface area contributed by atoms with E-state index in [0.29, 0.717) is 0 Å². The molecule has 0 radical (unpaired) electrons. The third-order valence-electron chi connectivity index (χ3n) is 3.40. The van der Waals surface area contributed by atoms with Gasteiger partial charge in [-0.1, -0.05) is 30.3 Å². The lowest BCUT2D eigenvalue weighted by Crippen LogP contribution is -2.33. The van der Waals surface area contributed by atoms with Crippen molar-refractivity contribution in [3.8, 4) is 5.75 Å². The van der Waals surface area contributed by atoms with E-state index in [0.717, 1.165) is 11.1 Å². The molecule has 0 spiro atoms. The number of rotatable bonds is 3. The summed E-state index contributed by atoms with van der Waals surface area (Å²) in [5, 5.41) is 5.75. The highest BCUT2D eigenvalue weighted by Gasteiger charge is 2.21. The van der Waals surface area contributed by atoms with Gasteiger partial charge in [0.1, 0.15) is 5.75 Å². The van der Waals surface area contributed by atoms with Gasteiger partial charge in [0, 0.05) is 10.9 Å². The number of hydrogen-bond donors (Lipinski definition) is 1. The molecule has 0 saturated carbocycles. The van der Waals surface area contributed by atoms with Crippen molar-refractivity contribution in [1.29, 1.82) is 0 Å². The molecule has 0 unspecified atom stereocenters. The van der Waals surface area contributed by atoms with Crippen molar-refractivity contribution in [2.45, 2.75) is 19.4 Å². The van der Waals surface area contributed by atoms with Crippen LogP contribution < -0.4 is 10.1 Å². The largest absolute Gasteiger partial charge is 0.496 e. The molecular formula is C15H19NO. The molecule has 0 bridgehead atoms. The Labute approximate surface area is 103 Å². The molecule has 0 amide bonds. The molecule has 2 heteroatoms. The van der Waals surface area contributed by atoms with Crippen molar-refractivity contribution in [3.05, 3.63) is 42.0 Å². The van der Waals surface area contributed by atoms with Gasteiger partial charge in [-0.2, -0.15) is 0 Å². The van der Waals surface area contributed by atoms with Gasteiger partial charge in [0.25, 0.3) is 0 Å². The van der Waals surface area contributed by atoms with Crippen LogP contribution in [0.15, 0.2) is 36.4 Å². The zero-order chi connectivity index (χ0) is 12.5. The van der Waals surface area contributed by atoms with Crippen LogP contribution in [0.25, 0.3) is 10.8 Å². The lowest BCUT2D eigenvalue weighted by Gasteiger charge is -2.26. The molecule has 0 fully saturated rings. The molecule has 0 saturated heterocycles. The second-order valence-electron chi connectivity index (χ2n) is 4.74. The molecule has 2 aromatic carbocycles. The number of benzene rings is 2. The summed E-state index contributed by atoms with van der Waals surface area (Å²) in [5.41, 5.74) is 1.24. The average Bonchev–Trinajstić information content (AvgIpc) is 2.37. The SMILES string of the molecule is CNC(C)(C)c1ccc(OC)c2ccccc12. The van der Waals surface area contributed by atoms with Gasteiger partial charge in [-0.25, -0.2) is 0 Å². The van der Waals surface area contributed by atoms with Gasteiger partial charge in [-0.15, -0.1) is 0 Å². The Kier molecular flexibility index (Phi) is 3.07. The first-order valence-electron chi connectivity index (χ1n) is 5.85. The second-order valence-corrected chi connectivity index (χ2v) is 4.74. The van der Waals surface area contributed by atoms with Gasteiger partial charge < -0.3 is 10.1 Å². The molecule has 2 rings (SSSR count). The molecule has 0 aliphatic heterocycles. The van der Waals surface area contributed by atoms with Gasteiger partial charge in [-0.3, -0.25) is 0 Å². The Bertz CT molecular complexity index is 531. The molecule has 0 atom stereocenters. The highest BCUT2D eigenvalue weighted by molar-refractivity contribution is 5.91. The lowest BCUT2D eigenvalue weighted by molar-refractivity contribution is 0.418. The first kappa shape index (κ1) is 11.9. The van der Waals surface area contributed by atoms with Crippen molar-refractivity contribution in [3.63, 3.8) is 0 Å². The van der Waals surface area contributed by atoms with E-state index in [1.165, 1.54) is 10.9 Å². The van der Waals surface area contributed by atoms with Crippen LogP contribution in [0.1, 0.15) is 19.4 Å². The summed E-state index contributed by atoms with van der Waals surface area (Å²) in [6.07, 6.45) is 0. The van der Waals surface area contributed by atoms with Gasteiger partial charge in [0.2, 0.25) is 0 Å². The van der Waals surface area contributed by atoms with Crippen molar-refractivity contribution < 1.29 is 4.74 Å². The maximum Gasteiger partial charge on any atom is 0.126 e. The summed E-state index contributed by atoms with van der Waals surface area (Å²) in [4.78, 5) is 0. The first-order valence-corrected chi connectivity index (χ1v) is 5.85. The Hall–Kier alpha value is -1.54. The molecule has 90 valence electrons. The molecule has 1 N–H and O–H groups in total. The average molecular weight is 229 g/mol. The minimum Gasteiger partial charge on any atom is -0.496 e. The fourth-order valence-electron chi connectivity index (χ4n) is 2.13. The molecule has 0 aromatic heterocycles. The van der Waals surface area contributed by atoms with Crippen LogP contribution in [0.5, 0.6) is 5.75 Å². The lowest BCUT2D eigenvalue weighted by atomic mass is 9.89. The van der Waals surface area contributed by atoms with Crippen molar-refractivity contribution in [2.75, 3.05) is 14.2 Å². The van der Waals surface area contributed by atoms with Crippen LogP contribution in [0, 0.1) is 0 Å². The third kappa shape index (κ3) is 2.01. The van der Waals surface area contributed by atoms with Crippen LogP contribution in [-0.2, 0) is 5.54 Å². The zero-order valence-electron chi connectivity index (χ0n) is 10.9. The Morgan fingerprint density at radius 2 is 1.65 bits per heavy atom. The van der Waals surface area contributed by atoms with Gasteiger partial charge in [0.05, 0.1) is 7.11 Å². The number of fused-ring (bicyclic) bond motifs is 1. The van der Waals surface area contributed by atoms with Gasteiger partial charge in [0.15, 0.2) is 0 Å². The van der Waals surface area contributed by atoms with Crippen LogP contribution in [0.2, 0.25) is 0 Å². The molecule has 17 heavy (non-hydrogen) atoms. The van der Waals surface area contributed by atoms with Crippen LogP contribution in [-0.4, -0.2) is 14.2 Å². The topological polar surface area (TPSA) is 21.3 Å². The summed E-state index contributed by atoms with van der Waals surface area (Å²) in [7, 11) is 3.70. The van der Waals surface area contributed by atoms with E-state index in [9.17, 15) is 0 Å². The van der Waals surface area contributed by atoms with Crippen molar-refractivity contribution in [1.82, 2.24) is 5.32 Å². The Balaban J connectivity index is 2.75. The van der Waals surface area contributed by atoms with Crippen LogP contribution in [0.4, 0.5) is 0 Å². The number of ether oxygens (including phenoxy) is 1. The van der Waals surface area contributed by atoms with E-state index < -0.39 is 0 Å². The van der Waals surface area contributed by atoms with E-state index in [-0.39, 0.29) is 5.54 Å². The molecule has 0 aliphatic carbocycles. The van der Waals surface area contributed by atoms with Crippen LogP contribution >= 0.6 is 0 Å².